The Morgan fingerprint density at radius 3 is 2.45 bits per heavy atom. The monoisotopic (exact) mass is 267 g/mol. The number of rotatable bonds is 5. The third-order valence-corrected chi connectivity index (χ3v) is 3.53. The lowest BCUT2D eigenvalue weighted by Crippen LogP contribution is -2.18. The van der Waals surface area contributed by atoms with Gasteiger partial charge in [0.1, 0.15) is 0 Å². The molecule has 2 aromatic rings. The highest BCUT2D eigenvalue weighted by atomic mass is 16.1. The normalized spacial score (nSPS) is 10.3. The van der Waals surface area contributed by atoms with Gasteiger partial charge in [0.05, 0.1) is 0 Å². The Morgan fingerprint density at radius 2 is 1.80 bits per heavy atom. The van der Waals surface area contributed by atoms with Gasteiger partial charge in [-0.25, -0.2) is 0 Å². The number of nitrogens with zero attached hydrogens (tertiary/aromatic N) is 1. The summed E-state index contributed by atoms with van der Waals surface area (Å²) in [6, 6.07) is 16.3. The Balaban J connectivity index is 2.25. The highest BCUT2D eigenvalue weighted by Crippen LogP contribution is 2.23. The van der Waals surface area contributed by atoms with Crippen LogP contribution in [0.4, 0.5) is 5.69 Å². The molecule has 0 atom stereocenters. The van der Waals surface area contributed by atoms with E-state index in [0.717, 1.165) is 17.8 Å². The molecule has 0 aliphatic rings. The molecule has 0 saturated carbocycles. The van der Waals surface area contributed by atoms with Gasteiger partial charge in [-0.05, 0) is 24.1 Å². The fraction of sp³-hybridized carbons (Fsp3) is 0.278. The van der Waals surface area contributed by atoms with E-state index in [1.54, 1.807) is 0 Å². The van der Waals surface area contributed by atoms with Gasteiger partial charge in [0.2, 0.25) is 0 Å². The largest absolute Gasteiger partial charge is 0.370 e. The van der Waals surface area contributed by atoms with Crippen molar-refractivity contribution in [2.45, 2.75) is 26.8 Å². The van der Waals surface area contributed by atoms with Crippen molar-refractivity contribution in [2.75, 3.05) is 11.9 Å². The molecule has 0 N–H and O–H groups in total. The number of Topliss-reactive ketones (excluding diaryl/α,β-unsaturated/α-hetero) is 1. The lowest BCUT2D eigenvalue weighted by molar-refractivity contribution is 0.0988. The van der Waals surface area contributed by atoms with Crippen molar-refractivity contribution >= 4 is 11.5 Å². The second-order valence-corrected chi connectivity index (χ2v) is 5.12. The molecular weight excluding hydrogens is 246 g/mol. The van der Waals surface area contributed by atoms with Crippen LogP contribution in [0, 0.1) is 6.92 Å². The maximum atomic E-state index is 11.8. The van der Waals surface area contributed by atoms with E-state index in [9.17, 15) is 4.79 Å². The summed E-state index contributed by atoms with van der Waals surface area (Å²) in [5, 5.41) is 0. The molecule has 0 heterocycles. The van der Waals surface area contributed by atoms with Crippen molar-refractivity contribution in [3.8, 4) is 0 Å². The molecule has 2 nitrogen and oxygen atoms in total. The number of anilines is 1. The van der Waals surface area contributed by atoms with Gasteiger partial charge in [0.15, 0.2) is 5.78 Å². The molecular formula is C18H21NO. The number of hydrogen-bond donors (Lipinski definition) is 0. The molecule has 0 bridgehead atoms. The summed E-state index contributed by atoms with van der Waals surface area (Å²) in [5.41, 5.74) is 4.37. The highest BCUT2D eigenvalue weighted by Gasteiger charge is 2.09. The maximum Gasteiger partial charge on any atom is 0.162 e. The summed E-state index contributed by atoms with van der Waals surface area (Å²) < 4.78 is 0. The van der Waals surface area contributed by atoms with E-state index in [-0.39, 0.29) is 5.78 Å². The number of hydrogen-bond acceptors (Lipinski definition) is 2. The minimum atomic E-state index is 0.194. The van der Waals surface area contributed by atoms with Gasteiger partial charge in [0, 0.05) is 31.3 Å². The zero-order chi connectivity index (χ0) is 14.5. The van der Waals surface area contributed by atoms with Gasteiger partial charge >= 0.3 is 0 Å². The molecule has 2 rings (SSSR count). The van der Waals surface area contributed by atoms with E-state index < -0.39 is 0 Å². The first kappa shape index (κ1) is 14.3. The lowest BCUT2D eigenvalue weighted by atomic mass is 10.0. The van der Waals surface area contributed by atoms with Crippen molar-refractivity contribution in [1.82, 2.24) is 0 Å². The third-order valence-electron chi connectivity index (χ3n) is 3.53. The SMILES string of the molecule is CCC(=O)c1ccc(C)c(N(C)Cc2ccccc2)c1. The molecule has 0 aromatic heterocycles. The van der Waals surface area contributed by atoms with Crippen LogP contribution in [0.15, 0.2) is 48.5 Å². The summed E-state index contributed by atoms with van der Waals surface area (Å²) in [5.74, 6) is 0.194. The molecule has 2 heteroatoms. The summed E-state index contributed by atoms with van der Waals surface area (Å²) >= 11 is 0. The number of aryl methyl sites for hydroxylation is 1. The molecule has 20 heavy (non-hydrogen) atoms. The first-order valence-corrected chi connectivity index (χ1v) is 7.00. The van der Waals surface area contributed by atoms with E-state index in [0.29, 0.717) is 6.42 Å². The fourth-order valence-electron chi connectivity index (χ4n) is 2.34. The second-order valence-electron chi connectivity index (χ2n) is 5.12. The van der Waals surface area contributed by atoms with Crippen LogP contribution >= 0.6 is 0 Å². The Morgan fingerprint density at radius 1 is 1.10 bits per heavy atom. The Labute approximate surface area is 121 Å². The summed E-state index contributed by atoms with van der Waals surface area (Å²) in [7, 11) is 2.07. The predicted molar refractivity (Wildman–Crippen MR) is 84.3 cm³/mol. The van der Waals surface area contributed by atoms with Crippen LogP contribution in [-0.2, 0) is 6.54 Å². The number of benzene rings is 2. The van der Waals surface area contributed by atoms with Crippen LogP contribution in [0.25, 0.3) is 0 Å². The summed E-state index contributed by atoms with van der Waals surface area (Å²) in [6.45, 7) is 4.82. The van der Waals surface area contributed by atoms with Crippen LogP contribution < -0.4 is 4.90 Å². The van der Waals surface area contributed by atoms with Crippen molar-refractivity contribution in [3.05, 3.63) is 65.2 Å². The fourth-order valence-corrected chi connectivity index (χ4v) is 2.34. The minimum absolute atomic E-state index is 0.194. The maximum absolute atomic E-state index is 11.8. The molecule has 2 aromatic carbocycles. The van der Waals surface area contributed by atoms with Gasteiger partial charge in [-0.3, -0.25) is 4.79 Å². The van der Waals surface area contributed by atoms with E-state index in [4.69, 9.17) is 0 Å². The smallest absolute Gasteiger partial charge is 0.162 e. The highest BCUT2D eigenvalue weighted by molar-refractivity contribution is 5.96. The molecule has 104 valence electrons. The van der Waals surface area contributed by atoms with Gasteiger partial charge < -0.3 is 4.90 Å². The van der Waals surface area contributed by atoms with Gasteiger partial charge in [-0.1, -0.05) is 49.4 Å². The molecule has 0 saturated heterocycles. The van der Waals surface area contributed by atoms with Crippen LogP contribution in [0.2, 0.25) is 0 Å². The average molecular weight is 267 g/mol. The average Bonchev–Trinajstić information content (AvgIpc) is 2.48. The standard InChI is InChI=1S/C18H21NO/c1-4-18(20)16-11-10-14(2)17(12-16)19(3)13-15-8-6-5-7-9-15/h5-12H,4,13H2,1-3H3. The van der Waals surface area contributed by atoms with Crippen LogP contribution in [0.5, 0.6) is 0 Å². The van der Waals surface area contributed by atoms with E-state index >= 15 is 0 Å². The van der Waals surface area contributed by atoms with Crippen LogP contribution in [-0.4, -0.2) is 12.8 Å². The van der Waals surface area contributed by atoms with Crippen LogP contribution in [0.3, 0.4) is 0 Å². The Bertz CT molecular complexity index is 590. The zero-order valence-electron chi connectivity index (χ0n) is 12.4. The summed E-state index contributed by atoms with van der Waals surface area (Å²) in [6.07, 6.45) is 0.547. The molecule has 0 amide bonds. The molecule has 0 spiro atoms. The molecule has 0 aliphatic carbocycles. The second kappa shape index (κ2) is 6.38. The van der Waals surface area contributed by atoms with E-state index in [1.807, 2.05) is 43.3 Å². The van der Waals surface area contributed by atoms with E-state index in [2.05, 4.69) is 31.0 Å². The van der Waals surface area contributed by atoms with Crippen LogP contribution in [0.1, 0.15) is 34.8 Å². The zero-order valence-corrected chi connectivity index (χ0v) is 12.4. The first-order valence-electron chi connectivity index (χ1n) is 7.00. The van der Waals surface area contributed by atoms with Gasteiger partial charge in [-0.15, -0.1) is 0 Å². The van der Waals surface area contributed by atoms with Gasteiger partial charge in [-0.2, -0.15) is 0 Å². The van der Waals surface area contributed by atoms with Crippen molar-refractivity contribution in [3.63, 3.8) is 0 Å². The summed E-state index contributed by atoms with van der Waals surface area (Å²) in [4.78, 5) is 14.0. The number of carbonyl (C=O) groups excluding carboxylic acids is 1. The molecule has 0 fully saturated rings. The first-order chi connectivity index (χ1) is 9.61. The minimum Gasteiger partial charge on any atom is -0.370 e. The lowest BCUT2D eigenvalue weighted by Gasteiger charge is -2.22. The van der Waals surface area contributed by atoms with Crippen molar-refractivity contribution in [2.24, 2.45) is 0 Å². The predicted octanol–water partition coefficient (Wildman–Crippen LogP) is 4.22. The molecule has 0 aliphatic heterocycles. The molecule has 0 radical (unpaired) electrons. The molecule has 0 unspecified atom stereocenters. The van der Waals surface area contributed by atoms with Crippen molar-refractivity contribution < 1.29 is 4.79 Å². The third kappa shape index (κ3) is 3.27. The van der Waals surface area contributed by atoms with E-state index in [1.165, 1.54) is 11.1 Å². The van der Waals surface area contributed by atoms with Gasteiger partial charge in [0.25, 0.3) is 0 Å². The number of carbonyl (C=O) groups is 1. The Hall–Kier alpha value is -2.09. The topological polar surface area (TPSA) is 20.3 Å². The quantitative estimate of drug-likeness (QED) is 0.756. The number of ketones is 1. The van der Waals surface area contributed by atoms with Crippen molar-refractivity contribution in [1.29, 1.82) is 0 Å². The Kier molecular flexibility index (Phi) is 4.57.